The molecule has 0 aromatic carbocycles. The van der Waals surface area contributed by atoms with Gasteiger partial charge in [-0.05, 0) is 24.8 Å². The van der Waals surface area contributed by atoms with Gasteiger partial charge in [-0.1, -0.05) is 24.4 Å². The summed E-state index contributed by atoms with van der Waals surface area (Å²) in [5.41, 5.74) is 0.959. The van der Waals surface area contributed by atoms with Gasteiger partial charge < -0.3 is 5.32 Å². The molecular formula is C11H15ClN2. The highest BCUT2D eigenvalue weighted by atomic mass is 35.5. The Morgan fingerprint density at radius 1 is 1.43 bits per heavy atom. The number of rotatable bonds is 3. The van der Waals surface area contributed by atoms with Crippen molar-refractivity contribution < 1.29 is 0 Å². The van der Waals surface area contributed by atoms with E-state index in [1.54, 1.807) is 12.4 Å². The lowest BCUT2D eigenvalue weighted by molar-refractivity contribution is 0.580. The number of anilines is 1. The fraction of sp³-hybridized carbons (Fsp3) is 0.545. The number of hydrogen-bond donors (Lipinski definition) is 1. The first-order chi connectivity index (χ1) is 6.86. The first-order valence-electron chi connectivity index (χ1n) is 5.19. The number of halogens is 1. The van der Waals surface area contributed by atoms with E-state index in [1.165, 1.54) is 25.7 Å². The molecule has 1 heterocycles. The molecule has 1 fully saturated rings. The van der Waals surface area contributed by atoms with Crippen LogP contribution in [0.2, 0.25) is 5.02 Å². The van der Waals surface area contributed by atoms with Gasteiger partial charge in [0.1, 0.15) is 0 Å². The highest BCUT2D eigenvalue weighted by Crippen LogP contribution is 2.26. The lowest BCUT2D eigenvalue weighted by Gasteiger charge is -2.12. The molecule has 0 saturated heterocycles. The fourth-order valence-corrected chi connectivity index (χ4v) is 2.15. The van der Waals surface area contributed by atoms with Crippen LogP contribution in [0.3, 0.4) is 0 Å². The summed E-state index contributed by atoms with van der Waals surface area (Å²) in [7, 11) is 0. The minimum absolute atomic E-state index is 0.762. The van der Waals surface area contributed by atoms with Crippen LogP contribution in [-0.2, 0) is 0 Å². The summed E-state index contributed by atoms with van der Waals surface area (Å²) in [6.07, 6.45) is 8.97. The molecule has 1 aromatic heterocycles. The lowest BCUT2D eigenvalue weighted by Crippen LogP contribution is -2.11. The van der Waals surface area contributed by atoms with E-state index >= 15 is 0 Å². The summed E-state index contributed by atoms with van der Waals surface area (Å²) >= 11 is 6.01. The van der Waals surface area contributed by atoms with Crippen molar-refractivity contribution in [3.05, 3.63) is 23.5 Å². The average molecular weight is 211 g/mol. The van der Waals surface area contributed by atoms with Crippen molar-refractivity contribution in [2.24, 2.45) is 5.92 Å². The Balaban J connectivity index is 1.88. The second-order valence-corrected chi connectivity index (χ2v) is 4.29. The van der Waals surface area contributed by atoms with Crippen molar-refractivity contribution in [3.8, 4) is 0 Å². The Morgan fingerprint density at radius 3 is 2.93 bits per heavy atom. The molecule has 3 heteroatoms. The SMILES string of the molecule is Clc1ccncc1NCC1CCCC1. The predicted molar refractivity (Wildman–Crippen MR) is 59.7 cm³/mol. The summed E-state index contributed by atoms with van der Waals surface area (Å²) in [4.78, 5) is 4.04. The van der Waals surface area contributed by atoms with Crippen LogP contribution in [0.1, 0.15) is 25.7 Å². The van der Waals surface area contributed by atoms with Crippen LogP contribution in [0.5, 0.6) is 0 Å². The molecule has 0 amide bonds. The maximum atomic E-state index is 6.01. The largest absolute Gasteiger partial charge is 0.382 e. The average Bonchev–Trinajstić information content (AvgIpc) is 2.69. The van der Waals surface area contributed by atoms with Crippen molar-refractivity contribution in [2.75, 3.05) is 11.9 Å². The zero-order valence-electron chi connectivity index (χ0n) is 8.17. The van der Waals surface area contributed by atoms with E-state index in [1.807, 2.05) is 6.07 Å². The number of nitrogens with zero attached hydrogens (tertiary/aromatic N) is 1. The van der Waals surface area contributed by atoms with E-state index in [4.69, 9.17) is 11.6 Å². The number of aromatic nitrogens is 1. The molecule has 1 saturated carbocycles. The maximum absolute atomic E-state index is 6.01. The predicted octanol–water partition coefficient (Wildman–Crippen LogP) is 3.34. The van der Waals surface area contributed by atoms with Gasteiger partial charge in [0.05, 0.1) is 16.9 Å². The highest BCUT2D eigenvalue weighted by Gasteiger charge is 2.14. The molecule has 0 radical (unpaired) electrons. The fourth-order valence-electron chi connectivity index (χ4n) is 1.98. The minimum Gasteiger partial charge on any atom is -0.382 e. The molecule has 0 atom stereocenters. The van der Waals surface area contributed by atoms with Crippen LogP contribution >= 0.6 is 11.6 Å². The van der Waals surface area contributed by atoms with Crippen molar-refractivity contribution >= 4 is 17.3 Å². The Morgan fingerprint density at radius 2 is 2.21 bits per heavy atom. The molecule has 1 N–H and O–H groups in total. The third-order valence-electron chi connectivity index (χ3n) is 2.82. The van der Waals surface area contributed by atoms with E-state index in [9.17, 15) is 0 Å². The number of nitrogens with one attached hydrogen (secondary N) is 1. The molecule has 1 aliphatic carbocycles. The van der Waals surface area contributed by atoms with Gasteiger partial charge >= 0.3 is 0 Å². The first kappa shape index (κ1) is 9.78. The number of hydrogen-bond acceptors (Lipinski definition) is 2. The molecule has 1 aliphatic rings. The van der Waals surface area contributed by atoms with E-state index < -0.39 is 0 Å². The molecular weight excluding hydrogens is 196 g/mol. The third kappa shape index (κ3) is 2.38. The van der Waals surface area contributed by atoms with Gasteiger partial charge in [0.2, 0.25) is 0 Å². The van der Waals surface area contributed by atoms with Crippen molar-refractivity contribution in [1.29, 1.82) is 0 Å². The Bertz CT molecular complexity index is 295. The standard InChI is InChI=1S/C11H15ClN2/c12-10-5-6-13-8-11(10)14-7-9-3-1-2-4-9/h5-6,8-9,14H,1-4,7H2. The molecule has 2 nitrogen and oxygen atoms in total. The second-order valence-electron chi connectivity index (χ2n) is 3.89. The molecule has 1 aromatic rings. The van der Waals surface area contributed by atoms with Crippen LogP contribution in [0.25, 0.3) is 0 Å². The van der Waals surface area contributed by atoms with Crippen LogP contribution < -0.4 is 5.32 Å². The van der Waals surface area contributed by atoms with Gasteiger partial charge in [-0.15, -0.1) is 0 Å². The van der Waals surface area contributed by atoms with Gasteiger partial charge in [-0.25, -0.2) is 0 Å². The summed E-state index contributed by atoms with van der Waals surface area (Å²) in [6.45, 7) is 1.03. The molecule has 0 spiro atoms. The zero-order valence-corrected chi connectivity index (χ0v) is 8.93. The second kappa shape index (κ2) is 4.65. The van der Waals surface area contributed by atoms with E-state index in [-0.39, 0.29) is 0 Å². The highest BCUT2D eigenvalue weighted by molar-refractivity contribution is 6.33. The Labute approximate surface area is 89.7 Å². The van der Waals surface area contributed by atoms with Crippen LogP contribution in [0, 0.1) is 5.92 Å². The molecule has 14 heavy (non-hydrogen) atoms. The topological polar surface area (TPSA) is 24.9 Å². The summed E-state index contributed by atoms with van der Waals surface area (Å²) in [5.74, 6) is 0.825. The lowest BCUT2D eigenvalue weighted by atomic mass is 10.1. The van der Waals surface area contributed by atoms with Crippen LogP contribution in [-0.4, -0.2) is 11.5 Å². The van der Waals surface area contributed by atoms with Gasteiger partial charge in [0.15, 0.2) is 0 Å². The van der Waals surface area contributed by atoms with Crippen molar-refractivity contribution in [2.45, 2.75) is 25.7 Å². The van der Waals surface area contributed by atoms with Crippen LogP contribution in [0.4, 0.5) is 5.69 Å². The normalized spacial score (nSPS) is 17.2. The molecule has 0 unspecified atom stereocenters. The van der Waals surface area contributed by atoms with E-state index in [0.29, 0.717) is 0 Å². The van der Waals surface area contributed by atoms with Gasteiger partial charge in [-0.3, -0.25) is 4.98 Å². The molecule has 0 aliphatic heterocycles. The monoisotopic (exact) mass is 210 g/mol. The van der Waals surface area contributed by atoms with Crippen molar-refractivity contribution in [3.63, 3.8) is 0 Å². The minimum atomic E-state index is 0.762. The van der Waals surface area contributed by atoms with Gasteiger partial charge in [-0.2, -0.15) is 0 Å². The molecule has 0 bridgehead atoms. The van der Waals surface area contributed by atoms with Gasteiger partial charge in [0.25, 0.3) is 0 Å². The summed E-state index contributed by atoms with van der Waals surface area (Å²) in [6, 6.07) is 1.82. The van der Waals surface area contributed by atoms with Gasteiger partial charge in [0, 0.05) is 12.7 Å². The Hall–Kier alpha value is -0.760. The quantitative estimate of drug-likeness (QED) is 0.828. The summed E-state index contributed by atoms with van der Waals surface area (Å²) < 4.78 is 0. The summed E-state index contributed by atoms with van der Waals surface area (Å²) in [5, 5.41) is 4.12. The molecule has 2 rings (SSSR count). The van der Waals surface area contributed by atoms with Crippen molar-refractivity contribution in [1.82, 2.24) is 4.98 Å². The first-order valence-corrected chi connectivity index (χ1v) is 5.57. The van der Waals surface area contributed by atoms with E-state index in [0.717, 1.165) is 23.2 Å². The Kier molecular flexibility index (Phi) is 3.25. The zero-order chi connectivity index (χ0) is 9.80. The van der Waals surface area contributed by atoms with E-state index in [2.05, 4.69) is 10.3 Å². The maximum Gasteiger partial charge on any atom is 0.0716 e. The molecule has 76 valence electrons. The van der Waals surface area contributed by atoms with Crippen LogP contribution in [0.15, 0.2) is 18.5 Å². The third-order valence-corrected chi connectivity index (χ3v) is 3.15. The smallest absolute Gasteiger partial charge is 0.0716 e. The number of pyridine rings is 1.